The molecular formula is C14H18N4O5S. The standard InChI is InChI=1S/C14H18N4O5S/c1-14(22)9(21)7(5-19)23-12(14)18-8(20)4-3-6-10(15)16-13(24-2)17-11(6)18/h3-4,7,9,12,19,21-22H,5H2,1-2H3,(H2,15,16,17). The van der Waals surface area contributed by atoms with Gasteiger partial charge in [-0.3, -0.25) is 9.36 Å². The van der Waals surface area contributed by atoms with Crippen molar-refractivity contribution in [3.63, 3.8) is 0 Å². The second-order valence-corrected chi connectivity index (χ2v) is 6.53. The van der Waals surface area contributed by atoms with Crippen molar-refractivity contribution in [2.75, 3.05) is 18.6 Å². The van der Waals surface area contributed by atoms with E-state index in [0.29, 0.717) is 10.5 Å². The number of pyridine rings is 1. The molecule has 10 heteroatoms. The molecule has 0 saturated carbocycles. The molecule has 24 heavy (non-hydrogen) atoms. The van der Waals surface area contributed by atoms with Crippen LogP contribution in [-0.4, -0.2) is 60.5 Å². The van der Waals surface area contributed by atoms with Crippen molar-refractivity contribution in [3.05, 3.63) is 22.5 Å². The molecule has 5 N–H and O–H groups in total. The number of aliphatic hydroxyl groups excluding tert-OH is 2. The molecule has 3 heterocycles. The van der Waals surface area contributed by atoms with Gasteiger partial charge in [-0.2, -0.15) is 0 Å². The van der Waals surface area contributed by atoms with Crippen LogP contribution >= 0.6 is 11.8 Å². The highest BCUT2D eigenvalue weighted by molar-refractivity contribution is 7.98. The van der Waals surface area contributed by atoms with Crippen LogP contribution in [0.2, 0.25) is 0 Å². The zero-order valence-corrected chi connectivity index (χ0v) is 13.9. The van der Waals surface area contributed by atoms with Crippen LogP contribution in [0.4, 0.5) is 5.82 Å². The number of nitrogens with zero attached hydrogens (tertiary/aromatic N) is 3. The average molecular weight is 354 g/mol. The summed E-state index contributed by atoms with van der Waals surface area (Å²) in [6, 6.07) is 2.76. The van der Waals surface area contributed by atoms with E-state index < -0.39 is 36.2 Å². The quantitative estimate of drug-likeness (QED) is 0.407. The van der Waals surface area contributed by atoms with Gasteiger partial charge in [0.2, 0.25) is 0 Å². The summed E-state index contributed by atoms with van der Waals surface area (Å²) in [6.45, 7) is 0.837. The lowest BCUT2D eigenvalue weighted by Crippen LogP contribution is -2.46. The zero-order valence-electron chi connectivity index (χ0n) is 13.1. The summed E-state index contributed by atoms with van der Waals surface area (Å²) in [4.78, 5) is 20.9. The highest BCUT2D eigenvalue weighted by atomic mass is 32.2. The first-order valence-electron chi connectivity index (χ1n) is 7.20. The fourth-order valence-electron chi connectivity index (χ4n) is 2.82. The number of fused-ring (bicyclic) bond motifs is 1. The van der Waals surface area contributed by atoms with E-state index in [-0.39, 0.29) is 11.5 Å². The van der Waals surface area contributed by atoms with E-state index in [9.17, 15) is 20.1 Å². The van der Waals surface area contributed by atoms with Gasteiger partial charge in [0, 0.05) is 6.07 Å². The first kappa shape index (κ1) is 17.1. The third kappa shape index (κ3) is 2.47. The van der Waals surface area contributed by atoms with E-state index in [1.807, 2.05) is 0 Å². The summed E-state index contributed by atoms with van der Waals surface area (Å²) in [7, 11) is 0. The number of aliphatic hydroxyl groups is 3. The van der Waals surface area contributed by atoms with Crippen LogP contribution in [0.3, 0.4) is 0 Å². The smallest absolute Gasteiger partial charge is 0.254 e. The summed E-state index contributed by atoms with van der Waals surface area (Å²) in [5, 5.41) is 30.9. The fourth-order valence-corrected chi connectivity index (χ4v) is 3.19. The Balaban J connectivity index is 2.28. The van der Waals surface area contributed by atoms with Gasteiger partial charge in [0.1, 0.15) is 23.6 Å². The first-order chi connectivity index (χ1) is 11.3. The highest BCUT2D eigenvalue weighted by Crippen LogP contribution is 2.38. The van der Waals surface area contributed by atoms with Crippen LogP contribution in [0.1, 0.15) is 13.2 Å². The van der Waals surface area contributed by atoms with Crippen LogP contribution in [-0.2, 0) is 4.74 Å². The maximum Gasteiger partial charge on any atom is 0.254 e. The number of hydrogen-bond acceptors (Lipinski definition) is 9. The molecule has 0 amide bonds. The molecule has 2 aromatic heterocycles. The van der Waals surface area contributed by atoms with Gasteiger partial charge in [-0.05, 0) is 19.2 Å². The van der Waals surface area contributed by atoms with E-state index in [2.05, 4.69) is 9.97 Å². The normalized spacial score (nSPS) is 30.1. The van der Waals surface area contributed by atoms with Crippen LogP contribution in [0, 0.1) is 0 Å². The lowest BCUT2D eigenvalue weighted by atomic mass is 9.96. The summed E-state index contributed by atoms with van der Waals surface area (Å²) in [5.41, 5.74) is 3.83. The predicted molar refractivity (Wildman–Crippen MR) is 87.6 cm³/mol. The summed E-state index contributed by atoms with van der Waals surface area (Å²) >= 11 is 1.25. The molecule has 1 fully saturated rings. The second kappa shape index (κ2) is 5.97. The van der Waals surface area contributed by atoms with Gasteiger partial charge in [0.05, 0.1) is 12.0 Å². The first-order valence-corrected chi connectivity index (χ1v) is 8.43. The van der Waals surface area contributed by atoms with Crippen molar-refractivity contribution < 1.29 is 20.1 Å². The number of thioether (sulfide) groups is 1. The van der Waals surface area contributed by atoms with Crippen LogP contribution in [0.25, 0.3) is 11.0 Å². The van der Waals surface area contributed by atoms with Crippen molar-refractivity contribution in [2.24, 2.45) is 0 Å². The van der Waals surface area contributed by atoms with E-state index in [4.69, 9.17) is 10.5 Å². The SMILES string of the molecule is CSc1nc(N)c2ccc(=O)n(C3OC(CO)C(O)C3(C)O)c2n1. The van der Waals surface area contributed by atoms with Gasteiger partial charge in [-0.15, -0.1) is 0 Å². The van der Waals surface area contributed by atoms with Gasteiger partial charge >= 0.3 is 0 Å². The molecule has 0 radical (unpaired) electrons. The van der Waals surface area contributed by atoms with Gasteiger partial charge in [0.15, 0.2) is 17.0 Å². The molecular weight excluding hydrogens is 336 g/mol. The monoisotopic (exact) mass is 354 g/mol. The lowest BCUT2D eigenvalue weighted by Gasteiger charge is -2.28. The lowest BCUT2D eigenvalue weighted by molar-refractivity contribution is -0.0963. The molecule has 3 rings (SSSR count). The maximum absolute atomic E-state index is 12.4. The van der Waals surface area contributed by atoms with Gasteiger partial charge in [0.25, 0.3) is 5.56 Å². The van der Waals surface area contributed by atoms with Crippen molar-refractivity contribution in [3.8, 4) is 0 Å². The van der Waals surface area contributed by atoms with E-state index in [1.54, 1.807) is 6.26 Å². The molecule has 4 atom stereocenters. The van der Waals surface area contributed by atoms with Crippen LogP contribution in [0.15, 0.2) is 22.1 Å². The number of hydrogen-bond donors (Lipinski definition) is 4. The molecule has 1 saturated heterocycles. The number of rotatable bonds is 3. The van der Waals surface area contributed by atoms with Gasteiger partial charge in [-0.1, -0.05) is 11.8 Å². The maximum atomic E-state index is 12.4. The second-order valence-electron chi connectivity index (χ2n) is 5.75. The Labute approximate surface area is 141 Å². The van der Waals surface area contributed by atoms with Crippen LogP contribution in [0.5, 0.6) is 0 Å². The van der Waals surface area contributed by atoms with E-state index in [0.717, 1.165) is 4.57 Å². The Morgan fingerprint density at radius 3 is 2.75 bits per heavy atom. The number of aromatic nitrogens is 3. The third-order valence-corrected chi connectivity index (χ3v) is 4.69. The molecule has 1 aliphatic rings. The molecule has 0 bridgehead atoms. The summed E-state index contributed by atoms with van der Waals surface area (Å²) < 4.78 is 6.66. The Hall–Kier alpha value is -1.72. The average Bonchev–Trinajstić information content (AvgIpc) is 2.77. The number of anilines is 1. The molecule has 2 aromatic rings. The number of nitrogen functional groups attached to an aromatic ring is 1. The highest BCUT2D eigenvalue weighted by Gasteiger charge is 2.53. The molecule has 130 valence electrons. The van der Waals surface area contributed by atoms with Gasteiger partial charge in [-0.25, -0.2) is 9.97 Å². The Bertz CT molecular complexity index is 840. The molecule has 0 aliphatic carbocycles. The van der Waals surface area contributed by atoms with E-state index in [1.165, 1.54) is 30.8 Å². The number of nitrogens with two attached hydrogens (primary N) is 1. The predicted octanol–water partition coefficient (Wildman–Crippen LogP) is -0.903. The minimum Gasteiger partial charge on any atom is -0.394 e. The molecule has 1 aliphatic heterocycles. The Morgan fingerprint density at radius 1 is 1.46 bits per heavy atom. The molecule has 0 spiro atoms. The summed E-state index contributed by atoms with van der Waals surface area (Å²) in [6.07, 6.45) is -1.86. The van der Waals surface area contributed by atoms with Crippen molar-refractivity contribution in [2.45, 2.75) is 36.1 Å². The van der Waals surface area contributed by atoms with Crippen molar-refractivity contribution >= 4 is 28.6 Å². The van der Waals surface area contributed by atoms with Crippen LogP contribution < -0.4 is 11.3 Å². The summed E-state index contributed by atoms with van der Waals surface area (Å²) in [5.74, 6) is 0.190. The van der Waals surface area contributed by atoms with E-state index >= 15 is 0 Å². The minimum absolute atomic E-state index is 0.190. The van der Waals surface area contributed by atoms with Crippen molar-refractivity contribution in [1.29, 1.82) is 0 Å². The Morgan fingerprint density at radius 2 is 2.17 bits per heavy atom. The molecule has 0 aromatic carbocycles. The fraction of sp³-hybridized carbons (Fsp3) is 0.500. The number of ether oxygens (including phenoxy) is 1. The molecule has 4 unspecified atom stereocenters. The molecule has 9 nitrogen and oxygen atoms in total. The largest absolute Gasteiger partial charge is 0.394 e. The third-order valence-electron chi connectivity index (χ3n) is 4.14. The zero-order chi connectivity index (χ0) is 17.6. The topological polar surface area (TPSA) is 144 Å². The van der Waals surface area contributed by atoms with Crippen molar-refractivity contribution in [1.82, 2.24) is 14.5 Å². The Kier molecular flexibility index (Phi) is 4.26. The van der Waals surface area contributed by atoms with Gasteiger partial charge < -0.3 is 25.8 Å². The minimum atomic E-state index is -1.80.